The van der Waals surface area contributed by atoms with E-state index in [1.807, 2.05) is 47.4 Å². The van der Waals surface area contributed by atoms with E-state index in [-0.39, 0.29) is 17.6 Å². The summed E-state index contributed by atoms with van der Waals surface area (Å²) in [4.78, 5) is 18.6. The Labute approximate surface area is 178 Å². The van der Waals surface area contributed by atoms with Gasteiger partial charge in [0.15, 0.2) is 0 Å². The lowest BCUT2D eigenvalue weighted by Crippen LogP contribution is -2.52. The molecule has 0 aliphatic carbocycles. The molecule has 1 aromatic carbocycles. The Bertz CT molecular complexity index is 791. The van der Waals surface area contributed by atoms with E-state index in [2.05, 4.69) is 4.98 Å². The van der Waals surface area contributed by atoms with Crippen LogP contribution in [-0.4, -0.2) is 60.4 Å². The van der Waals surface area contributed by atoms with Gasteiger partial charge in [0.2, 0.25) is 5.91 Å². The highest BCUT2D eigenvalue weighted by atomic mass is 16.5. The van der Waals surface area contributed by atoms with Gasteiger partial charge in [0.05, 0.1) is 24.7 Å². The third kappa shape index (κ3) is 5.58. The van der Waals surface area contributed by atoms with E-state index in [9.17, 15) is 4.79 Å². The van der Waals surface area contributed by atoms with Crippen LogP contribution in [-0.2, 0) is 20.7 Å². The second-order valence-corrected chi connectivity index (χ2v) is 8.09. The van der Waals surface area contributed by atoms with Gasteiger partial charge in [-0.25, -0.2) is 0 Å². The maximum Gasteiger partial charge on any atom is 0.226 e. The molecule has 1 amide bonds. The van der Waals surface area contributed by atoms with Crippen molar-refractivity contribution in [2.24, 2.45) is 0 Å². The molecule has 2 aliphatic heterocycles. The first-order valence-electron chi connectivity index (χ1n) is 10.8. The Kier molecular flexibility index (Phi) is 6.97. The van der Waals surface area contributed by atoms with Gasteiger partial charge in [-0.05, 0) is 49.1 Å². The van der Waals surface area contributed by atoms with Gasteiger partial charge < -0.3 is 19.1 Å². The summed E-state index contributed by atoms with van der Waals surface area (Å²) in [5.74, 6) is 1.05. The van der Waals surface area contributed by atoms with Gasteiger partial charge >= 0.3 is 0 Å². The summed E-state index contributed by atoms with van der Waals surface area (Å²) >= 11 is 0. The van der Waals surface area contributed by atoms with Crippen LogP contribution in [0.25, 0.3) is 0 Å². The quantitative estimate of drug-likeness (QED) is 0.656. The highest BCUT2D eigenvalue weighted by Gasteiger charge is 2.41. The zero-order chi connectivity index (χ0) is 20.7. The number of ether oxygens (including phenoxy) is 3. The molecule has 0 bridgehead atoms. The van der Waals surface area contributed by atoms with Crippen molar-refractivity contribution in [3.05, 3.63) is 60.4 Å². The Hall–Kier alpha value is -2.44. The van der Waals surface area contributed by atoms with Gasteiger partial charge in [-0.15, -0.1) is 0 Å². The Balaban J connectivity index is 1.20. The fourth-order valence-corrected chi connectivity index (χ4v) is 4.32. The minimum atomic E-state index is -0.156. The van der Waals surface area contributed by atoms with Gasteiger partial charge in [0.1, 0.15) is 12.4 Å². The number of likely N-dealkylation sites (tertiary alicyclic amines) is 1. The fourth-order valence-electron chi connectivity index (χ4n) is 4.32. The van der Waals surface area contributed by atoms with Crippen molar-refractivity contribution in [1.29, 1.82) is 0 Å². The van der Waals surface area contributed by atoms with E-state index >= 15 is 0 Å². The summed E-state index contributed by atoms with van der Waals surface area (Å²) in [6, 6.07) is 13.6. The normalized spacial score (nSPS) is 20.8. The van der Waals surface area contributed by atoms with Gasteiger partial charge in [-0.1, -0.05) is 18.2 Å². The zero-order valence-corrected chi connectivity index (χ0v) is 17.4. The molecule has 6 heteroatoms. The predicted octanol–water partition coefficient (Wildman–Crippen LogP) is 3.26. The number of hydrogen-bond acceptors (Lipinski definition) is 5. The van der Waals surface area contributed by atoms with Crippen LogP contribution < -0.4 is 4.74 Å². The summed E-state index contributed by atoms with van der Waals surface area (Å²) in [5.41, 5.74) is 0.854. The number of nitrogens with zero attached hydrogens (tertiary/aromatic N) is 2. The molecule has 1 unspecified atom stereocenters. The molecule has 2 aromatic rings. The van der Waals surface area contributed by atoms with Crippen LogP contribution in [0.1, 0.15) is 31.2 Å². The van der Waals surface area contributed by atoms with Gasteiger partial charge in [-0.2, -0.15) is 0 Å². The van der Waals surface area contributed by atoms with Crippen LogP contribution in [0, 0.1) is 0 Å². The van der Waals surface area contributed by atoms with E-state index in [1.54, 1.807) is 12.4 Å². The molecule has 0 N–H and O–H groups in total. The second kappa shape index (κ2) is 10.0. The maximum absolute atomic E-state index is 12.6. The number of benzene rings is 1. The smallest absolute Gasteiger partial charge is 0.226 e. The largest absolute Gasteiger partial charge is 0.491 e. The summed E-state index contributed by atoms with van der Waals surface area (Å²) in [6.07, 6.45) is 7.64. The Morgan fingerprint density at radius 2 is 1.87 bits per heavy atom. The van der Waals surface area contributed by atoms with Crippen molar-refractivity contribution < 1.29 is 19.0 Å². The average molecular weight is 411 g/mol. The van der Waals surface area contributed by atoms with Crippen molar-refractivity contribution in [3.63, 3.8) is 0 Å². The van der Waals surface area contributed by atoms with Gasteiger partial charge in [-0.3, -0.25) is 9.78 Å². The minimum Gasteiger partial charge on any atom is -0.491 e. The van der Waals surface area contributed by atoms with Crippen molar-refractivity contribution in [1.82, 2.24) is 9.88 Å². The maximum atomic E-state index is 12.6. The minimum absolute atomic E-state index is 0.156. The number of amides is 1. The molecule has 1 spiro atoms. The number of pyridine rings is 1. The van der Waals surface area contributed by atoms with Crippen molar-refractivity contribution >= 4 is 5.91 Å². The number of piperidine rings is 1. The molecule has 2 fully saturated rings. The lowest BCUT2D eigenvalue weighted by molar-refractivity contribution is -0.162. The second-order valence-electron chi connectivity index (χ2n) is 8.09. The number of para-hydroxylation sites is 1. The monoisotopic (exact) mass is 410 g/mol. The molecular weight excluding hydrogens is 380 g/mol. The van der Waals surface area contributed by atoms with Crippen molar-refractivity contribution in [2.75, 3.05) is 32.9 Å². The molecule has 0 saturated carbocycles. The predicted molar refractivity (Wildman–Crippen MR) is 113 cm³/mol. The van der Waals surface area contributed by atoms with E-state index in [0.717, 1.165) is 56.7 Å². The molecule has 4 rings (SSSR count). The summed E-state index contributed by atoms with van der Waals surface area (Å²) in [6.45, 7) is 3.33. The number of aromatic nitrogens is 1. The summed E-state index contributed by atoms with van der Waals surface area (Å²) < 4.78 is 18.0. The molecule has 2 aliphatic rings. The van der Waals surface area contributed by atoms with E-state index in [1.165, 1.54) is 0 Å². The fraction of sp³-hybridized carbons (Fsp3) is 0.500. The van der Waals surface area contributed by atoms with E-state index in [4.69, 9.17) is 14.2 Å². The highest BCUT2D eigenvalue weighted by molar-refractivity contribution is 5.78. The lowest BCUT2D eigenvalue weighted by atomic mass is 9.83. The van der Waals surface area contributed by atoms with Crippen LogP contribution in [0.3, 0.4) is 0 Å². The van der Waals surface area contributed by atoms with Crippen LogP contribution in [0.15, 0.2) is 54.9 Å². The Morgan fingerprint density at radius 1 is 1.10 bits per heavy atom. The SMILES string of the molecule is O=C(Cc1ccncc1)N1CCC2(CC1)CC(OCCOc1ccccc1)CCO2. The molecule has 3 heterocycles. The first-order valence-corrected chi connectivity index (χ1v) is 10.8. The van der Waals surface area contributed by atoms with Gasteiger partial charge in [0.25, 0.3) is 0 Å². The van der Waals surface area contributed by atoms with Crippen molar-refractivity contribution in [3.8, 4) is 5.75 Å². The summed E-state index contributed by atoms with van der Waals surface area (Å²) in [7, 11) is 0. The molecule has 0 radical (unpaired) electrons. The summed E-state index contributed by atoms with van der Waals surface area (Å²) in [5, 5.41) is 0. The molecule has 2 saturated heterocycles. The zero-order valence-electron chi connectivity index (χ0n) is 17.4. The van der Waals surface area contributed by atoms with Crippen molar-refractivity contribution in [2.45, 2.75) is 43.8 Å². The number of rotatable bonds is 7. The van der Waals surface area contributed by atoms with E-state index in [0.29, 0.717) is 19.6 Å². The molecule has 6 nitrogen and oxygen atoms in total. The van der Waals surface area contributed by atoms with E-state index < -0.39 is 0 Å². The Morgan fingerprint density at radius 3 is 2.63 bits per heavy atom. The molecule has 1 aromatic heterocycles. The first kappa shape index (κ1) is 20.8. The number of carbonyl (C=O) groups is 1. The molecule has 1 atom stereocenters. The van der Waals surface area contributed by atoms with Crippen LogP contribution in [0.2, 0.25) is 0 Å². The number of hydrogen-bond donors (Lipinski definition) is 0. The van der Waals surface area contributed by atoms with Crippen LogP contribution >= 0.6 is 0 Å². The molecule has 30 heavy (non-hydrogen) atoms. The lowest BCUT2D eigenvalue weighted by Gasteiger charge is -2.46. The van der Waals surface area contributed by atoms with Gasteiger partial charge in [0, 0.05) is 38.5 Å². The molecule has 160 valence electrons. The average Bonchev–Trinajstić information content (AvgIpc) is 2.79. The number of carbonyl (C=O) groups excluding carboxylic acids is 1. The third-order valence-electron chi connectivity index (χ3n) is 6.03. The highest BCUT2D eigenvalue weighted by Crippen LogP contribution is 2.36. The first-order chi connectivity index (χ1) is 14.7. The molecular formula is C24H30N2O4. The standard InChI is InChI=1S/C24H30N2O4/c27-23(18-20-6-11-25-12-7-20)26-13-9-24(10-14-26)19-22(8-15-30-24)29-17-16-28-21-4-2-1-3-5-21/h1-7,11-12,22H,8-10,13-19H2. The van der Waals surface area contributed by atoms with Crippen LogP contribution in [0.4, 0.5) is 0 Å². The van der Waals surface area contributed by atoms with Crippen LogP contribution in [0.5, 0.6) is 5.75 Å². The topological polar surface area (TPSA) is 60.9 Å². The third-order valence-corrected chi connectivity index (χ3v) is 6.03.